The van der Waals surface area contributed by atoms with Crippen LogP contribution in [0.3, 0.4) is 0 Å². The Morgan fingerprint density at radius 1 is 1.00 bits per heavy atom. The quantitative estimate of drug-likeness (QED) is 0.446. The number of nitrogens with one attached hydrogen (secondary N) is 1. The fourth-order valence-corrected chi connectivity index (χ4v) is 4.52. The molecule has 2 aromatic carbocycles. The maximum atomic E-state index is 13.1. The molecule has 0 saturated carbocycles. The Balaban J connectivity index is 1.69. The summed E-state index contributed by atoms with van der Waals surface area (Å²) in [5.41, 5.74) is 3.41. The van der Waals surface area contributed by atoms with E-state index >= 15 is 0 Å². The number of para-hydroxylation sites is 1. The summed E-state index contributed by atoms with van der Waals surface area (Å²) in [6.45, 7) is 1.89. The number of H-pyrrole nitrogens is 1. The number of fused-ring (bicyclic) bond motifs is 1. The van der Waals surface area contributed by atoms with Crippen molar-refractivity contribution in [2.24, 2.45) is 7.05 Å². The van der Waals surface area contributed by atoms with Gasteiger partial charge < -0.3 is 14.0 Å². The average Bonchev–Trinajstić information content (AvgIpc) is 3.34. The number of aryl methyl sites for hydroxylation is 1. The van der Waals surface area contributed by atoms with Crippen LogP contribution in [0.25, 0.3) is 33.4 Å². The zero-order chi connectivity index (χ0) is 20.7. The summed E-state index contributed by atoms with van der Waals surface area (Å²) < 4.78 is 7.28. The lowest BCUT2D eigenvalue weighted by atomic mass is 10.0. The van der Waals surface area contributed by atoms with E-state index in [-0.39, 0.29) is 5.56 Å². The first-order valence-electron chi connectivity index (χ1n) is 9.45. The van der Waals surface area contributed by atoms with Crippen LogP contribution >= 0.6 is 11.8 Å². The van der Waals surface area contributed by atoms with E-state index in [0.29, 0.717) is 15.9 Å². The Labute approximate surface area is 176 Å². The molecule has 0 unspecified atom stereocenters. The summed E-state index contributed by atoms with van der Waals surface area (Å²) >= 11 is 1.32. The number of hydrogen-bond acceptors (Lipinski definition) is 5. The molecule has 0 radical (unpaired) electrons. The van der Waals surface area contributed by atoms with Crippen LogP contribution in [0.1, 0.15) is 5.76 Å². The molecule has 0 bridgehead atoms. The predicted molar refractivity (Wildman–Crippen MR) is 118 cm³/mol. The third-order valence-corrected chi connectivity index (χ3v) is 6.20. The van der Waals surface area contributed by atoms with E-state index in [4.69, 9.17) is 4.42 Å². The minimum absolute atomic E-state index is 0.151. The SMILES string of the molecule is Cc1occc1-c1nnc(Sc2c(-c3ccccc3)c3ccccc3[nH]c2=O)n1C. The highest BCUT2D eigenvalue weighted by atomic mass is 32.2. The maximum absolute atomic E-state index is 13.1. The standard InChI is InChI=1S/C23H18N4O2S/c1-14-16(12-13-29-14)21-25-26-23(27(21)2)30-20-19(15-8-4-3-5-9-15)17-10-6-7-11-18(17)24-22(20)28/h3-13H,1-2H3,(H,24,28). The smallest absolute Gasteiger partial charge is 0.263 e. The highest BCUT2D eigenvalue weighted by Gasteiger charge is 2.20. The predicted octanol–water partition coefficient (Wildman–Crippen LogP) is 5.04. The van der Waals surface area contributed by atoms with Crippen LogP contribution in [0.15, 0.2) is 86.2 Å². The van der Waals surface area contributed by atoms with E-state index in [0.717, 1.165) is 33.4 Å². The fraction of sp³-hybridized carbons (Fsp3) is 0.0870. The van der Waals surface area contributed by atoms with E-state index in [1.807, 2.05) is 79.2 Å². The molecular weight excluding hydrogens is 396 g/mol. The lowest BCUT2D eigenvalue weighted by molar-refractivity contribution is 0.534. The van der Waals surface area contributed by atoms with Gasteiger partial charge in [-0.3, -0.25) is 4.79 Å². The lowest BCUT2D eigenvalue weighted by Crippen LogP contribution is -2.11. The van der Waals surface area contributed by atoms with Crippen molar-refractivity contribution in [1.29, 1.82) is 0 Å². The van der Waals surface area contributed by atoms with Crippen molar-refractivity contribution in [2.45, 2.75) is 17.0 Å². The van der Waals surface area contributed by atoms with Crippen LogP contribution in [0.2, 0.25) is 0 Å². The summed E-state index contributed by atoms with van der Waals surface area (Å²) in [7, 11) is 1.89. The molecule has 0 fully saturated rings. The van der Waals surface area contributed by atoms with Crippen LogP contribution < -0.4 is 5.56 Å². The molecule has 5 rings (SSSR count). The third kappa shape index (κ3) is 3.04. The van der Waals surface area contributed by atoms with Crippen LogP contribution in [-0.2, 0) is 7.05 Å². The van der Waals surface area contributed by atoms with Crippen molar-refractivity contribution in [3.63, 3.8) is 0 Å². The molecule has 5 aromatic rings. The van der Waals surface area contributed by atoms with Gasteiger partial charge in [-0.25, -0.2) is 0 Å². The Morgan fingerprint density at radius 2 is 1.77 bits per heavy atom. The van der Waals surface area contributed by atoms with Crippen molar-refractivity contribution in [2.75, 3.05) is 0 Å². The molecule has 1 N–H and O–H groups in total. The number of furan rings is 1. The van der Waals surface area contributed by atoms with Gasteiger partial charge in [0.15, 0.2) is 11.0 Å². The van der Waals surface area contributed by atoms with Crippen molar-refractivity contribution < 1.29 is 4.42 Å². The number of aromatic amines is 1. The van der Waals surface area contributed by atoms with Crippen LogP contribution in [0.5, 0.6) is 0 Å². The molecule has 0 saturated heterocycles. The monoisotopic (exact) mass is 414 g/mol. The van der Waals surface area contributed by atoms with Gasteiger partial charge in [0.2, 0.25) is 0 Å². The Morgan fingerprint density at radius 3 is 2.53 bits per heavy atom. The van der Waals surface area contributed by atoms with Gasteiger partial charge in [-0.2, -0.15) is 0 Å². The molecule has 3 heterocycles. The first kappa shape index (κ1) is 18.4. The Kier molecular flexibility index (Phi) is 4.52. The van der Waals surface area contributed by atoms with E-state index in [9.17, 15) is 4.79 Å². The number of rotatable bonds is 4. The second kappa shape index (κ2) is 7.35. The largest absolute Gasteiger partial charge is 0.469 e. The average molecular weight is 414 g/mol. The third-order valence-electron chi connectivity index (χ3n) is 5.07. The lowest BCUT2D eigenvalue weighted by Gasteiger charge is -2.12. The van der Waals surface area contributed by atoms with Gasteiger partial charge in [-0.05, 0) is 36.4 Å². The summed E-state index contributed by atoms with van der Waals surface area (Å²) in [6, 6.07) is 19.6. The van der Waals surface area contributed by atoms with Gasteiger partial charge in [0.25, 0.3) is 5.56 Å². The van der Waals surface area contributed by atoms with Gasteiger partial charge in [-0.15, -0.1) is 10.2 Å². The summed E-state index contributed by atoms with van der Waals surface area (Å²) in [5, 5.41) is 10.3. The molecular formula is C23H18N4O2S. The molecule has 6 nitrogen and oxygen atoms in total. The first-order valence-corrected chi connectivity index (χ1v) is 10.3. The zero-order valence-corrected chi connectivity index (χ0v) is 17.2. The van der Waals surface area contributed by atoms with Crippen LogP contribution in [-0.4, -0.2) is 19.7 Å². The molecule has 3 aromatic heterocycles. The number of pyridine rings is 1. The molecule has 0 aliphatic carbocycles. The topological polar surface area (TPSA) is 76.7 Å². The van der Waals surface area contributed by atoms with Crippen LogP contribution in [0, 0.1) is 6.92 Å². The van der Waals surface area contributed by atoms with E-state index in [2.05, 4.69) is 15.2 Å². The molecule has 0 spiro atoms. The van der Waals surface area contributed by atoms with Crippen molar-refractivity contribution >= 4 is 22.7 Å². The second-order valence-corrected chi connectivity index (χ2v) is 7.91. The molecule has 148 valence electrons. The summed E-state index contributed by atoms with van der Waals surface area (Å²) in [4.78, 5) is 16.7. The summed E-state index contributed by atoms with van der Waals surface area (Å²) in [5.74, 6) is 1.47. The zero-order valence-electron chi connectivity index (χ0n) is 16.4. The van der Waals surface area contributed by atoms with Gasteiger partial charge >= 0.3 is 0 Å². The number of hydrogen-bond donors (Lipinski definition) is 1. The van der Waals surface area contributed by atoms with Crippen LogP contribution in [0.4, 0.5) is 0 Å². The van der Waals surface area contributed by atoms with Gasteiger partial charge in [0.05, 0.1) is 16.7 Å². The minimum Gasteiger partial charge on any atom is -0.469 e. The normalized spacial score (nSPS) is 11.3. The number of nitrogens with zero attached hydrogens (tertiary/aromatic N) is 3. The van der Waals surface area contributed by atoms with Crippen molar-refractivity contribution in [3.05, 3.63) is 83.0 Å². The first-order chi connectivity index (χ1) is 14.6. The van der Waals surface area contributed by atoms with Crippen molar-refractivity contribution in [1.82, 2.24) is 19.7 Å². The molecule has 0 aliphatic heterocycles. The fourth-order valence-electron chi connectivity index (χ4n) is 3.56. The second-order valence-electron chi connectivity index (χ2n) is 6.93. The van der Waals surface area contributed by atoms with Gasteiger partial charge in [-0.1, -0.05) is 48.5 Å². The molecule has 30 heavy (non-hydrogen) atoms. The maximum Gasteiger partial charge on any atom is 0.263 e. The van der Waals surface area contributed by atoms with E-state index < -0.39 is 0 Å². The van der Waals surface area contributed by atoms with E-state index in [1.54, 1.807) is 6.26 Å². The molecule has 0 amide bonds. The number of aromatic nitrogens is 4. The Hall–Kier alpha value is -3.58. The van der Waals surface area contributed by atoms with E-state index in [1.165, 1.54) is 11.8 Å². The number of benzene rings is 2. The Bertz CT molecular complexity index is 1420. The minimum atomic E-state index is -0.151. The highest BCUT2D eigenvalue weighted by molar-refractivity contribution is 7.99. The highest BCUT2D eigenvalue weighted by Crippen LogP contribution is 2.37. The molecule has 0 aliphatic rings. The molecule has 0 atom stereocenters. The summed E-state index contributed by atoms with van der Waals surface area (Å²) in [6.07, 6.45) is 1.63. The van der Waals surface area contributed by atoms with Crippen molar-refractivity contribution in [3.8, 4) is 22.5 Å². The van der Waals surface area contributed by atoms with Gasteiger partial charge in [0.1, 0.15) is 5.76 Å². The molecule has 7 heteroatoms. The van der Waals surface area contributed by atoms with Gasteiger partial charge in [0, 0.05) is 23.5 Å².